The van der Waals surface area contributed by atoms with Crippen molar-refractivity contribution in [3.05, 3.63) is 53.9 Å². The van der Waals surface area contributed by atoms with Crippen LogP contribution in [0.3, 0.4) is 0 Å². The number of rotatable bonds is 3. The molecule has 0 aliphatic rings. The third-order valence-electron chi connectivity index (χ3n) is 2.64. The number of para-hydroxylation sites is 1. The number of carbonyl (C=O) groups excluding carboxylic acids is 1. The minimum Gasteiger partial charge on any atom is -0.323 e. The Hall–Kier alpha value is -2.61. The number of hydrogen-bond donors (Lipinski definition) is 3. The Bertz CT molecular complexity index is 641. The van der Waals surface area contributed by atoms with Crippen LogP contribution in [0, 0.1) is 0 Å². The Kier molecular flexibility index (Phi) is 4.08. The van der Waals surface area contributed by atoms with Gasteiger partial charge in [0.05, 0.1) is 23.1 Å². The molecule has 1 aromatic carbocycles. The molecule has 0 aliphatic heterocycles. The Morgan fingerprint density at radius 1 is 1.14 bits per heavy atom. The molecule has 0 bridgehead atoms. The Morgan fingerprint density at radius 2 is 1.86 bits per heavy atom. The van der Waals surface area contributed by atoms with Crippen LogP contribution < -0.4 is 16.6 Å². The molecule has 0 spiro atoms. The van der Waals surface area contributed by atoms with Crippen molar-refractivity contribution in [2.45, 2.75) is 6.18 Å². The van der Waals surface area contributed by atoms with Gasteiger partial charge in [-0.25, -0.2) is 4.98 Å². The summed E-state index contributed by atoms with van der Waals surface area (Å²) in [7, 11) is 0. The molecule has 2 rings (SSSR count). The number of hydrogen-bond acceptors (Lipinski definition) is 4. The number of anilines is 2. The van der Waals surface area contributed by atoms with Crippen LogP contribution in [0.4, 0.5) is 24.5 Å². The molecule has 0 unspecified atom stereocenters. The van der Waals surface area contributed by atoms with Crippen LogP contribution >= 0.6 is 0 Å². The quantitative estimate of drug-likeness (QED) is 0.601. The molecule has 2 aromatic rings. The number of halogens is 3. The number of hydrazine groups is 1. The second-order valence-corrected chi connectivity index (χ2v) is 4.07. The van der Waals surface area contributed by atoms with E-state index in [9.17, 15) is 18.0 Å². The molecule has 0 saturated carbocycles. The van der Waals surface area contributed by atoms with Gasteiger partial charge in [-0.05, 0) is 24.3 Å². The highest BCUT2D eigenvalue weighted by atomic mass is 19.4. The highest BCUT2D eigenvalue weighted by Crippen LogP contribution is 2.28. The minimum atomic E-state index is -4.52. The van der Waals surface area contributed by atoms with Crippen molar-refractivity contribution in [3.63, 3.8) is 0 Å². The molecule has 1 amide bonds. The van der Waals surface area contributed by atoms with Crippen LogP contribution in [-0.2, 0) is 6.18 Å². The average molecular weight is 296 g/mol. The highest BCUT2D eigenvalue weighted by molar-refractivity contribution is 6.07. The summed E-state index contributed by atoms with van der Waals surface area (Å²) in [6, 6.07) is 8.38. The molecule has 1 aromatic heterocycles. The predicted octanol–water partition coefficient (Wildman–Crippen LogP) is 2.64. The lowest BCUT2D eigenvalue weighted by Crippen LogP contribution is -2.17. The molecule has 1 heterocycles. The van der Waals surface area contributed by atoms with Gasteiger partial charge in [0.15, 0.2) is 0 Å². The lowest BCUT2D eigenvalue weighted by atomic mass is 10.1. The monoisotopic (exact) mass is 296 g/mol. The maximum atomic E-state index is 12.4. The van der Waals surface area contributed by atoms with Crippen molar-refractivity contribution in [3.8, 4) is 0 Å². The second kappa shape index (κ2) is 5.80. The van der Waals surface area contributed by atoms with E-state index in [1.54, 1.807) is 18.2 Å². The number of nitrogens with two attached hydrogens (primary N) is 1. The molecular formula is C13H11F3N4O. The van der Waals surface area contributed by atoms with E-state index in [4.69, 9.17) is 5.84 Å². The molecular weight excluding hydrogens is 285 g/mol. The molecule has 0 fully saturated rings. The number of carbonyl (C=O) groups is 1. The SMILES string of the molecule is NNc1ccccc1C(=O)Nc1ccc(C(F)(F)F)nc1. The summed E-state index contributed by atoms with van der Waals surface area (Å²) in [5, 5.41) is 2.45. The van der Waals surface area contributed by atoms with E-state index in [0.717, 1.165) is 18.3 Å². The summed E-state index contributed by atoms with van der Waals surface area (Å²) in [6.45, 7) is 0. The number of aromatic nitrogens is 1. The summed E-state index contributed by atoms with van der Waals surface area (Å²) in [4.78, 5) is 15.3. The third-order valence-corrected chi connectivity index (χ3v) is 2.64. The number of nitrogens with one attached hydrogen (secondary N) is 2. The molecule has 0 radical (unpaired) electrons. The summed E-state index contributed by atoms with van der Waals surface area (Å²) in [5.41, 5.74) is 2.16. The van der Waals surface area contributed by atoms with E-state index in [-0.39, 0.29) is 11.3 Å². The minimum absolute atomic E-state index is 0.153. The Labute approximate surface area is 118 Å². The van der Waals surface area contributed by atoms with Crippen molar-refractivity contribution in [1.29, 1.82) is 0 Å². The fraction of sp³-hybridized carbons (Fsp3) is 0.0769. The Morgan fingerprint density at radius 3 is 2.43 bits per heavy atom. The number of pyridine rings is 1. The first kappa shape index (κ1) is 14.8. The summed E-state index contributed by atoms with van der Waals surface area (Å²) in [5.74, 6) is 4.77. The smallest absolute Gasteiger partial charge is 0.323 e. The van der Waals surface area contributed by atoms with Gasteiger partial charge in [-0.3, -0.25) is 10.6 Å². The van der Waals surface area contributed by atoms with Crippen LogP contribution in [0.15, 0.2) is 42.6 Å². The van der Waals surface area contributed by atoms with Crippen molar-refractivity contribution in [2.24, 2.45) is 5.84 Å². The fourth-order valence-electron chi connectivity index (χ4n) is 1.64. The molecule has 110 valence electrons. The Balaban J connectivity index is 2.16. The largest absolute Gasteiger partial charge is 0.433 e. The van der Waals surface area contributed by atoms with Gasteiger partial charge < -0.3 is 10.7 Å². The summed E-state index contributed by atoms with van der Waals surface area (Å²) in [6.07, 6.45) is -3.57. The van der Waals surface area contributed by atoms with Gasteiger partial charge in [0.2, 0.25) is 0 Å². The van der Waals surface area contributed by atoms with Crippen molar-refractivity contribution in [1.82, 2.24) is 4.98 Å². The lowest BCUT2D eigenvalue weighted by molar-refractivity contribution is -0.141. The van der Waals surface area contributed by atoms with Crippen LogP contribution in [0.1, 0.15) is 16.1 Å². The van der Waals surface area contributed by atoms with Crippen molar-refractivity contribution >= 4 is 17.3 Å². The molecule has 0 saturated heterocycles. The van der Waals surface area contributed by atoms with Crippen LogP contribution in [0.5, 0.6) is 0 Å². The van der Waals surface area contributed by atoms with Crippen LogP contribution in [0.25, 0.3) is 0 Å². The van der Waals surface area contributed by atoms with Gasteiger partial charge in [0.25, 0.3) is 5.91 Å². The predicted molar refractivity (Wildman–Crippen MR) is 71.4 cm³/mol. The number of amides is 1. The van der Waals surface area contributed by atoms with Crippen molar-refractivity contribution in [2.75, 3.05) is 10.7 Å². The van der Waals surface area contributed by atoms with E-state index in [1.807, 2.05) is 0 Å². The van der Waals surface area contributed by atoms with Gasteiger partial charge in [-0.2, -0.15) is 13.2 Å². The highest BCUT2D eigenvalue weighted by Gasteiger charge is 2.32. The van der Waals surface area contributed by atoms with Gasteiger partial charge >= 0.3 is 6.18 Å². The fourth-order valence-corrected chi connectivity index (χ4v) is 1.64. The molecule has 21 heavy (non-hydrogen) atoms. The maximum absolute atomic E-state index is 12.4. The zero-order chi connectivity index (χ0) is 15.5. The van der Waals surface area contributed by atoms with E-state index < -0.39 is 17.8 Å². The number of benzene rings is 1. The normalized spacial score (nSPS) is 11.0. The van der Waals surface area contributed by atoms with E-state index >= 15 is 0 Å². The van der Waals surface area contributed by atoms with Gasteiger partial charge in [-0.1, -0.05) is 12.1 Å². The second-order valence-electron chi connectivity index (χ2n) is 4.07. The van der Waals surface area contributed by atoms with Gasteiger partial charge in [0, 0.05) is 0 Å². The first-order valence-corrected chi connectivity index (χ1v) is 5.82. The van der Waals surface area contributed by atoms with Crippen molar-refractivity contribution < 1.29 is 18.0 Å². The number of alkyl halides is 3. The molecule has 0 aliphatic carbocycles. The van der Waals surface area contributed by atoms with E-state index in [1.165, 1.54) is 6.07 Å². The van der Waals surface area contributed by atoms with E-state index in [0.29, 0.717) is 5.69 Å². The van der Waals surface area contributed by atoms with Gasteiger partial charge in [0.1, 0.15) is 5.69 Å². The van der Waals surface area contributed by atoms with Crippen LogP contribution in [-0.4, -0.2) is 10.9 Å². The lowest BCUT2D eigenvalue weighted by Gasteiger charge is -2.10. The molecule has 8 heteroatoms. The third kappa shape index (κ3) is 3.48. The average Bonchev–Trinajstić information content (AvgIpc) is 2.46. The molecule has 0 atom stereocenters. The summed E-state index contributed by atoms with van der Waals surface area (Å²) < 4.78 is 37.1. The first-order valence-electron chi connectivity index (χ1n) is 5.82. The number of nitrogens with zero attached hydrogens (tertiary/aromatic N) is 1. The zero-order valence-electron chi connectivity index (χ0n) is 10.6. The number of nitrogen functional groups attached to an aromatic ring is 1. The van der Waals surface area contributed by atoms with Gasteiger partial charge in [-0.15, -0.1) is 0 Å². The van der Waals surface area contributed by atoms with E-state index in [2.05, 4.69) is 15.7 Å². The molecule has 4 N–H and O–H groups in total. The van der Waals surface area contributed by atoms with Crippen LogP contribution in [0.2, 0.25) is 0 Å². The zero-order valence-corrected chi connectivity index (χ0v) is 10.6. The first-order chi connectivity index (χ1) is 9.91. The topological polar surface area (TPSA) is 80.0 Å². The standard InChI is InChI=1S/C13H11F3N4O/c14-13(15,16)11-6-5-8(7-18-11)19-12(21)9-3-1-2-4-10(9)20-17/h1-7,20H,17H2,(H,19,21). The maximum Gasteiger partial charge on any atom is 0.433 e. The summed E-state index contributed by atoms with van der Waals surface area (Å²) >= 11 is 0. The molecule has 5 nitrogen and oxygen atoms in total.